The van der Waals surface area contributed by atoms with Crippen LogP contribution in [0.1, 0.15) is 49.9 Å². The first-order valence-electron chi connectivity index (χ1n) is 8.18. The standard InChI is InChI=1S/C19H20.C2H6.CH3FS/c1-5-14(2)19-12-11-18(13-15(19)3)16(4)17-9-7-6-8-10-17;1-2;1-3-2/h5-13H,4H2,1-3H3;1-2H3;1H3/b14-5-;;. The molecule has 0 aliphatic heterocycles. The molecule has 0 saturated carbocycles. The summed E-state index contributed by atoms with van der Waals surface area (Å²) in [5.74, 6) is 0. The molecule has 0 saturated heterocycles. The van der Waals surface area contributed by atoms with Crippen molar-refractivity contribution in [2.24, 2.45) is 0 Å². The number of halogens is 1. The van der Waals surface area contributed by atoms with Crippen LogP contribution in [0.25, 0.3) is 11.1 Å². The van der Waals surface area contributed by atoms with Crippen molar-refractivity contribution >= 4 is 23.3 Å². The zero-order valence-corrected chi connectivity index (χ0v) is 16.5. The lowest BCUT2D eigenvalue weighted by atomic mass is 9.94. The molecule has 0 N–H and O–H groups in total. The van der Waals surface area contributed by atoms with Gasteiger partial charge >= 0.3 is 0 Å². The van der Waals surface area contributed by atoms with E-state index in [0.29, 0.717) is 0 Å². The highest BCUT2D eigenvalue weighted by Gasteiger charge is 2.05. The molecule has 2 heteroatoms. The average Bonchev–Trinajstić information content (AvgIpc) is 2.63. The molecule has 2 aromatic carbocycles. The maximum absolute atomic E-state index is 10.2. The third-order valence-corrected chi connectivity index (χ3v) is 3.55. The molecule has 0 nitrogen and oxygen atoms in total. The molecule has 0 aromatic heterocycles. The SMILES string of the molecule is C=C(c1ccccc1)c1ccc(/C(C)=C\C)c(C)c1.CC.CSF. The smallest absolute Gasteiger partial charge is 0.0408 e. The molecular weight excluding hydrogens is 315 g/mol. The van der Waals surface area contributed by atoms with Gasteiger partial charge in [-0.2, -0.15) is 3.89 Å². The summed E-state index contributed by atoms with van der Waals surface area (Å²) in [6, 6.07) is 16.9. The Morgan fingerprint density at radius 3 is 2.04 bits per heavy atom. The molecule has 2 rings (SSSR count). The summed E-state index contributed by atoms with van der Waals surface area (Å²) in [4.78, 5) is 0. The van der Waals surface area contributed by atoms with E-state index >= 15 is 0 Å². The summed E-state index contributed by atoms with van der Waals surface area (Å²) < 4.78 is 10.2. The molecule has 0 aliphatic rings. The Balaban J connectivity index is 0.000000952. The van der Waals surface area contributed by atoms with Crippen LogP contribution in [-0.2, 0) is 0 Å². The van der Waals surface area contributed by atoms with Crippen LogP contribution < -0.4 is 0 Å². The van der Waals surface area contributed by atoms with Gasteiger partial charge in [-0.15, -0.1) is 0 Å². The highest BCUT2D eigenvalue weighted by molar-refractivity contribution is 7.93. The van der Waals surface area contributed by atoms with E-state index in [1.165, 1.54) is 34.1 Å². The molecule has 0 spiro atoms. The van der Waals surface area contributed by atoms with E-state index in [4.69, 9.17) is 0 Å². The van der Waals surface area contributed by atoms with Gasteiger partial charge in [-0.1, -0.05) is 75.0 Å². The van der Waals surface area contributed by atoms with Gasteiger partial charge in [-0.3, -0.25) is 0 Å². The van der Waals surface area contributed by atoms with Gasteiger partial charge in [-0.25, -0.2) is 0 Å². The second kappa shape index (κ2) is 12.6. The van der Waals surface area contributed by atoms with E-state index in [2.05, 4.69) is 63.8 Å². The van der Waals surface area contributed by atoms with E-state index in [-0.39, 0.29) is 12.1 Å². The number of rotatable bonds is 3. The molecule has 0 radical (unpaired) electrons. The molecule has 0 bridgehead atoms. The van der Waals surface area contributed by atoms with Gasteiger partial charge in [0.2, 0.25) is 0 Å². The van der Waals surface area contributed by atoms with Crippen LogP contribution in [-0.4, -0.2) is 6.26 Å². The quantitative estimate of drug-likeness (QED) is 0.548. The number of aryl methyl sites for hydroxylation is 1. The van der Waals surface area contributed by atoms with E-state index < -0.39 is 0 Å². The molecule has 0 unspecified atom stereocenters. The van der Waals surface area contributed by atoms with Gasteiger partial charge < -0.3 is 0 Å². The summed E-state index contributed by atoms with van der Waals surface area (Å²) in [6.45, 7) is 14.6. The van der Waals surface area contributed by atoms with Gasteiger partial charge in [0.15, 0.2) is 0 Å². The first-order chi connectivity index (χ1) is 11.5. The topological polar surface area (TPSA) is 0 Å². The van der Waals surface area contributed by atoms with E-state index in [0.717, 1.165) is 5.57 Å². The van der Waals surface area contributed by atoms with Crippen LogP contribution in [0.2, 0.25) is 0 Å². The second-order valence-electron chi connectivity index (χ2n) is 5.00. The monoisotopic (exact) mass is 344 g/mol. The Morgan fingerprint density at radius 2 is 1.58 bits per heavy atom. The predicted octanol–water partition coefficient (Wildman–Crippen LogP) is 7.74. The first kappa shape index (κ1) is 22.2. The normalized spacial score (nSPS) is 10.0. The van der Waals surface area contributed by atoms with Crippen molar-refractivity contribution in [1.29, 1.82) is 0 Å². The van der Waals surface area contributed by atoms with Crippen LogP contribution in [0, 0.1) is 6.92 Å². The third kappa shape index (κ3) is 6.76. The van der Waals surface area contributed by atoms with Crippen molar-refractivity contribution < 1.29 is 3.89 Å². The van der Waals surface area contributed by atoms with Gasteiger partial charge in [-0.05, 0) is 54.2 Å². The molecular formula is C22H29FS. The Kier molecular flexibility index (Phi) is 11.7. The van der Waals surface area contributed by atoms with Crippen LogP contribution in [0.5, 0.6) is 0 Å². The van der Waals surface area contributed by atoms with Gasteiger partial charge in [0.1, 0.15) is 0 Å². The minimum atomic E-state index is 0.250. The summed E-state index contributed by atoms with van der Waals surface area (Å²) in [5, 5.41) is 0. The van der Waals surface area contributed by atoms with Gasteiger partial charge in [0.25, 0.3) is 0 Å². The number of hydrogen-bond donors (Lipinski definition) is 0. The summed E-state index contributed by atoms with van der Waals surface area (Å²) in [6.07, 6.45) is 3.52. The zero-order valence-electron chi connectivity index (χ0n) is 15.7. The lowest BCUT2D eigenvalue weighted by molar-refractivity contribution is 0.944. The van der Waals surface area contributed by atoms with E-state index in [1.807, 2.05) is 32.0 Å². The maximum Gasteiger partial charge on any atom is 0.0408 e. The van der Waals surface area contributed by atoms with Crippen molar-refractivity contribution in [2.45, 2.75) is 34.6 Å². The maximum atomic E-state index is 10.2. The lowest BCUT2D eigenvalue weighted by Crippen LogP contribution is -1.91. The minimum absolute atomic E-state index is 0.250. The fraction of sp³-hybridized carbons (Fsp3) is 0.273. The fourth-order valence-corrected chi connectivity index (χ4v) is 2.26. The van der Waals surface area contributed by atoms with Crippen LogP contribution in [0.4, 0.5) is 3.89 Å². The Labute approximate surface area is 151 Å². The number of hydrogen-bond acceptors (Lipinski definition) is 1. The molecule has 2 aromatic rings. The Morgan fingerprint density at radius 1 is 1.04 bits per heavy atom. The zero-order chi connectivity index (χ0) is 18.5. The van der Waals surface area contributed by atoms with Crippen molar-refractivity contribution in [3.05, 3.63) is 83.4 Å². The predicted molar refractivity (Wildman–Crippen MR) is 111 cm³/mol. The van der Waals surface area contributed by atoms with Crippen LogP contribution in [0.3, 0.4) is 0 Å². The molecule has 130 valence electrons. The lowest BCUT2D eigenvalue weighted by Gasteiger charge is -2.11. The number of allylic oxidation sites excluding steroid dienone is 2. The van der Waals surface area contributed by atoms with Gasteiger partial charge in [0, 0.05) is 18.4 Å². The summed E-state index contributed by atoms with van der Waals surface area (Å²) in [5.41, 5.74) is 7.37. The molecule has 0 fully saturated rings. The largest absolute Gasteiger partial charge is 0.166 e. The first-order valence-corrected chi connectivity index (χ1v) is 9.31. The third-order valence-electron chi connectivity index (χ3n) is 3.55. The average molecular weight is 345 g/mol. The van der Waals surface area contributed by atoms with Crippen molar-refractivity contribution in [2.75, 3.05) is 6.26 Å². The Hall–Kier alpha value is -1.80. The molecule has 0 amide bonds. The number of benzene rings is 2. The molecule has 24 heavy (non-hydrogen) atoms. The van der Waals surface area contributed by atoms with Crippen LogP contribution in [0.15, 0.2) is 61.2 Å². The summed E-state index contributed by atoms with van der Waals surface area (Å²) in [7, 11) is 0. The second-order valence-corrected chi connectivity index (χ2v) is 5.31. The van der Waals surface area contributed by atoms with Crippen molar-refractivity contribution in [3.8, 4) is 0 Å². The highest BCUT2D eigenvalue weighted by atomic mass is 32.2. The minimum Gasteiger partial charge on any atom is -0.166 e. The molecule has 0 aliphatic carbocycles. The Bertz CT molecular complexity index is 642. The molecule has 0 heterocycles. The van der Waals surface area contributed by atoms with Gasteiger partial charge in [0.05, 0.1) is 0 Å². The summed E-state index contributed by atoms with van der Waals surface area (Å²) >= 11 is 0.250. The highest BCUT2D eigenvalue weighted by Crippen LogP contribution is 2.26. The van der Waals surface area contributed by atoms with E-state index in [9.17, 15) is 3.89 Å². The van der Waals surface area contributed by atoms with Crippen molar-refractivity contribution in [1.82, 2.24) is 0 Å². The molecule has 0 atom stereocenters. The van der Waals surface area contributed by atoms with Crippen LogP contribution >= 0.6 is 12.1 Å². The van der Waals surface area contributed by atoms with E-state index in [1.54, 1.807) is 0 Å². The van der Waals surface area contributed by atoms with Crippen molar-refractivity contribution in [3.63, 3.8) is 0 Å². The fourth-order valence-electron chi connectivity index (χ4n) is 2.26.